The first kappa shape index (κ1) is 21.8. The number of likely N-dealkylation sites (tertiary alicyclic amines) is 1. The van der Waals surface area contributed by atoms with Crippen molar-refractivity contribution in [2.75, 3.05) is 33.2 Å². The molecule has 166 valence electrons. The van der Waals surface area contributed by atoms with Crippen LogP contribution in [0.3, 0.4) is 0 Å². The highest BCUT2D eigenvalue weighted by Gasteiger charge is 2.49. The molecule has 1 aromatic heterocycles. The maximum absolute atomic E-state index is 13.2. The van der Waals surface area contributed by atoms with Gasteiger partial charge in [0.2, 0.25) is 11.8 Å². The molecule has 2 amide bonds. The maximum atomic E-state index is 13.2. The van der Waals surface area contributed by atoms with Crippen LogP contribution >= 0.6 is 11.3 Å². The monoisotopic (exact) mass is 432 g/mol. The van der Waals surface area contributed by atoms with E-state index in [1.807, 2.05) is 4.90 Å². The van der Waals surface area contributed by atoms with Crippen molar-refractivity contribution in [1.29, 1.82) is 0 Å². The highest BCUT2D eigenvalue weighted by molar-refractivity contribution is 7.09. The Bertz CT molecular complexity index is 737. The van der Waals surface area contributed by atoms with Crippen molar-refractivity contribution in [1.82, 2.24) is 20.0 Å². The van der Waals surface area contributed by atoms with Crippen LogP contribution in [0.4, 0.5) is 0 Å². The fourth-order valence-corrected chi connectivity index (χ4v) is 6.12. The topological polar surface area (TPSA) is 55.9 Å². The third kappa shape index (κ3) is 4.73. The highest BCUT2D eigenvalue weighted by atomic mass is 32.1. The second-order valence-corrected chi connectivity index (χ2v) is 11.8. The van der Waals surface area contributed by atoms with E-state index in [0.717, 1.165) is 45.4 Å². The molecule has 1 N–H and O–H groups in total. The second-order valence-electron chi connectivity index (χ2n) is 10.7. The standard InChI is InChI=1S/C23H36N4O2S/c1-22(2,3)16-25(4)17-12-19-21(29)24-23(13-20(28)27(19)14-17)7-9-26(10-8-23)15-18-6-5-11-30-18/h5-6,11,17,19H,7-10,12-16H2,1-4H3,(H,24,29)/t17-,19-/m0/s1. The number of hydrogen-bond acceptors (Lipinski definition) is 5. The Morgan fingerprint density at radius 2 is 2.00 bits per heavy atom. The van der Waals surface area contributed by atoms with E-state index in [9.17, 15) is 9.59 Å². The molecule has 0 saturated carbocycles. The highest BCUT2D eigenvalue weighted by Crippen LogP contribution is 2.34. The molecule has 3 saturated heterocycles. The molecule has 3 aliphatic rings. The minimum Gasteiger partial charge on any atom is -0.348 e. The molecule has 1 spiro atoms. The number of nitrogens with zero attached hydrogens (tertiary/aromatic N) is 3. The van der Waals surface area contributed by atoms with Crippen LogP contribution in [0.1, 0.15) is 51.3 Å². The molecular formula is C23H36N4O2S. The van der Waals surface area contributed by atoms with Gasteiger partial charge in [-0.3, -0.25) is 14.5 Å². The van der Waals surface area contributed by atoms with Crippen LogP contribution in [0.2, 0.25) is 0 Å². The van der Waals surface area contributed by atoms with Crippen molar-refractivity contribution in [2.24, 2.45) is 5.41 Å². The predicted molar refractivity (Wildman–Crippen MR) is 120 cm³/mol. The normalized spacial score (nSPS) is 27.4. The summed E-state index contributed by atoms with van der Waals surface area (Å²) in [5.74, 6) is 0.205. The van der Waals surface area contributed by atoms with Gasteiger partial charge in [-0.25, -0.2) is 0 Å². The summed E-state index contributed by atoms with van der Waals surface area (Å²) in [6.07, 6.45) is 2.88. The van der Waals surface area contributed by atoms with Gasteiger partial charge in [0.05, 0.1) is 12.0 Å². The second kappa shape index (κ2) is 8.24. The van der Waals surface area contributed by atoms with Crippen LogP contribution in [0, 0.1) is 5.41 Å². The molecule has 6 nitrogen and oxygen atoms in total. The molecule has 4 heterocycles. The van der Waals surface area contributed by atoms with E-state index in [-0.39, 0.29) is 34.9 Å². The summed E-state index contributed by atoms with van der Waals surface area (Å²) >= 11 is 1.79. The maximum Gasteiger partial charge on any atom is 0.243 e. The van der Waals surface area contributed by atoms with Crippen LogP contribution < -0.4 is 5.32 Å². The Balaban J connectivity index is 1.38. The number of thiophene rings is 1. The van der Waals surface area contributed by atoms with Gasteiger partial charge in [-0.15, -0.1) is 11.3 Å². The summed E-state index contributed by atoms with van der Waals surface area (Å²) < 4.78 is 0. The Labute approximate surface area is 184 Å². The zero-order valence-corrected chi connectivity index (χ0v) is 19.6. The molecule has 7 heteroatoms. The number of hydrogen-bond donors (Lipinski definition) is 1. The minimum atomic E-state index is -0.364. The zero-order chi connectivity index (χ0) is 21.5. The first-order valence-corrected chi connectivity index (χ1v) is 12.1. The van der Waals surface area contributed by atoms with E-state index < -0.39 is 0 Å². The Kier molecular flexibility index (Phi) is 5.99. The Morgan fingerprint density at radius 3 is 2.63 bits per heavy atom. The lowest BCUT2D eigenvalue weighted by Gasteiger charge is -2.41. The summed E-state index contributed by atoms with van der Waals surface area (Å²) in [7, 11) is 2.12. The minimum absolute atomic E-state index is 0.0548. The molecule has 0 aromatic carbocycles. The summed E-state index contributed by atoms with van der Waals surface area (Å²) in [5, 5.41) is 5.45. The average Bonchev–Trinajstić information content (AvgIpc) is 3.30. The molecule has 30 heavy (non-hydrogen) atoms. The number of rotatable bonds is 4. The van der Waals surface area contributed by atoms with E-state index in [4.69, 9.17) is 0 Å². The summed E-state index contributed by atoms with van der Waals surface area (Å²) in [5.41, 5.74) is -0.167. The number of carbonyl (C=O) groups is 2. The molecule has 4 rings (SSSR count). The number of fused-ring (bicyclic) bond motifs is 1. The SMILES string of the molecule is CN(CC(C)(C)C)[C@H]1C[C@H]2C(=O)NC3(CCN(Cc4cccs4)CC3)CC(=O)N2C1. The van der Waals surface area contributed by atoms with Gasteiger partial charge in [0.25, 0.3) is 0 Å². The molecular weight excluding hydrogens is 396 g/mol. The Morgan fingerprint density at radius 1 is 1.27 bits per heavy atom. The third-order valence-electron chi connectivity index (χ3n) is 6.90. The van der Waals surface area contributed by atoms with Gasteiger partial charge in [0.15, 0.2) is 0 Å². The zero-order valence-electron chi connectivity index (χ0n) is 18.8. The molecule has 0 bridgehead atoms. The van der Waals surface area contributed by atoms with Crippen molar-refractivity contribution in [3.05, 3.63) is 22.4 Å². The van der Waals surface area contributed by atoms with Crippen LogP contribution in [-0.2, 0) is 16.1 Å². The number of nitrogens with one attached hydrogen (secondary N) is 1. The van der Waals surface area contributed by atoms with Gasteiger partial charge in [-0.1, -0.05) is 26.8 Å². The summed E-state index contributed by atoms with van der Waals surface area (Å²) in [4.78, 5) is 34.4. The first-order chi connectivity index (χ1) is 14.1. The third-order valence-corrected chi connectivity index (χ3v) is 7.76. The fraction of sp³-hybridized carbons (Fsp3) is 0.739. The molecule has 1 aromatic rings. The van der Waals surface area contributed by atoms with E-state index in [1.54, 1.807) is 11.3 Å². The van der Waals surface area contributed by atoms with Gasteiger partial charge in [-0.05, 0) is 43.2 Å². The lowest BCUT2D eigenvalue weighted by atomic mass is 9.84. The molecule has 2 atom stereocenters. The van der Waals surface area contributed by atoms with E-state index in [2.05, 4.69) is 60.4 Å². The quantitative estimate of drug-likeness (QED) is 0.795. The van der Waals surface area contributed by atoms with Gasteiger partial charge in [0.1, 0.15) is 6.04 Å². The van der Waals surface area contributed by atoms with Crippen LogP contribution in [0.5, 0.6) is 0 Å². The van der Waals surface area contributed by atoms with Gasteiger partial charge < -0.3 is 15.1 Å². The summed E-state index contributed by atoms with van der Waals surface area (Å²) in [6.45, 7) is 11.1. The van der Waals surface area contributed by atoms with Crippen molar-refractivity contribution in [3.8, 4) is 0 Å². The largest absolute Gasteiger partial charge is 0.348 e. The fourth-order valence-electron chi connectivity index (χ4n) is 5.38. The van der Waals surface area contributed by atoms with Gasteiger partial charge in [0, 0.05) is 43.6 Å². The number of carbonyl (C=O) groups excluding carboxylic acids is 2. The van der Waals surface area contributed by atoms with Crippen molar-refractivity contribution in [3.63, 3.8) is 0 Å². The predicted octanol–water partition coefficient (Wildman–Crippen LogP) is 2.55. The van der Waals surface area contributed by atoms with Crippen molar-refractivity contribution < 1.29 is 9.59 Å². The van der Waals surface area contributed by atoms with Crippen LogP contribution in [0.25, 0.3) is 0 Å². The number of piperidine rings is 1. The molecule has 3 aliphatic heterocycles. The average molecular weight is 433 g/mol. The molecule has 0 unspecified atom stereocenters. The van der Waals surface area contributed by atoms with Crippen molar-refractivity contribution in [2.45, 2.75) is 70.6 Å². The Hall–Kier alpha value is -1.44. The van der Waals surface area contributed by atoms with Crippen molar-refractivity contribution >= 4 is 23.2 Å². The lowest BCUT2D eigenvalue weighted by molar-refractivity contribution is -0.135. The van der Waals surface area contributed by atoms with Gasteiger partial charge in [-0.2, -0.15) is 0 Å². The van der Waals surface area contributed by atoms with E-state index in [1.165, 1.54) is 4.88 Å². The van der Waals surface area contributed by atoms with Gasteiger partial charge >= 0.3 is 0 Å². The van der Waals surface area contributed by atoms with E-state index in [0.29, 0.717) is 13.0 Å². The molecule has 3 fully saturated rings. The smallest absolute Gasteiger partial charge is 0.243 e. The lowest BCUT2D eigenvalue weighted by Crippen LogP contribution is -2.56. The molecule has 0 radical (unpaired) electrons. The number of likely N-dealkylation sites (N-methyl/N-ethyl adjacent to an activating group) is 1. The van der Waals surface area contributed by atoms with Crippen LogP contribution in [0.15, 0.2) is 17.5 Å². The molecule has 0 aliphatic carbocycles. The summed E-state index contributed by atoms with van der Waals surface area (Å²) in [6, 6.07) is 4.21. The van der Waals surface area contributed by atoms with Crippen LogP contribution in [-0.4, -0.2) is 77.4 Å². The first-order valence-electron chi connectivity index (χ1n) is 11.2. The number of amides is 2. The van der Waals surface area contributed by atoms with E-state index >= 15 is 0 Å².